The van der Waals surface area contributed by atoms with Crippen LogP contribution in [0.25, 0.3) is 0 Å². The predicted molar refractivity (Wildman–Crippen MR) is 68.6 cm³/mol. The molecule has 1 unspecified atom stereocenters. The number of likely N-dealkylation sites (N-methyl/N-ethyl adjacent to an activating group) is 1. The Morgan fingerprint density at radius 3 is 2.26 bits per heavy atom. The summed E-state index contributed by atoms with van der Waals surface area (Å²) in [6.07, 6.45) is 1.63. The summed E-state index contributed by atoms with van der Waals surface area (Å²) in [4.78, 5) is 35.4. The Balaban J connectivity index is 2.43. The van der Waals surface area contributed by atoms with Gasteiger partial charge in [0.15, 0.2) is 0 Å². The lowest BCUT2D eigenvalue weighted by Gasteiger charge is -2.21. The highest BCUT2D eigenvalue weighted by Crippen LogP contribution is 2.32. The fraction of sp³-hybridized carbons (Fsp3) is 0.750. The molecule has 1 rings (SSSR count). The molecule has 19 heavy (non-hydrogen) atoms. The number of carbonyl (C=O) groups excluding carboxylic acids is 2. The van der Waals surface area contributed by atoms with Crippen molar-refractivity contribution in [3.63, 3.8) is 0 Å². The first-order chi connectivity index (χ1) is 8.81. The maximum atomic E-state index is 11.8. The van der Waals surface area contributed by atoms with Crippen molar-refractivity contribution in [1.29, 1.82) is 0 Å². The summed E-state index contributed by atoms with van der Waals surface area (Å²) in [6.45, 7) is 3.55. The first-order valence-electron chi connectivity index (χ1n) is 6.35. The second-order valence-corrected chi connectivity index (χ2v) is 5.18. The molecule has 3 amide bonds. The van der Waals surface area contributed by atoms with Crippen molar-refractivity contribution in [1.82, 2.24) is 15.5 Å². The molecular formula is C12H21N3O4. The van der Waals surface area contributed by atoms with Gasteiger partial charge < -0.3 is 20.6 Å². The third-order valence-electron chi connectivity index (χ3n) is 2.82. The van der Waals surface area contributed by atoms with Gasteiger partial charge in [0, 0.05) is 13.1 Å². The van der Waals surface area contributed by atoms with Crippen LogP contribution in [0.3, 0.4) is 0 Å². The summed E-state index contributed by atoms with van der Waals surface area (Å²) in [6, 6.07) is -1.40. The Hall–Kier alpha value is -1.79. The molecule has 1 atom stereocenters. The van der Waals surface area contributed by atoms with Gasteiger partial charge in [-0.15, -0.1) is 0 Å². The molecule has 0 aromatic rings. The second-order valence-electron chi connectivity index (χ2n) is 5.18. The summed E-state index contributed by atoms with van der Waals surface area (Å²) < 4.78 is 0. The zero-order valence-electron chi connectivity index (χ0n) is 11.5. The van der Waals surface area contributed by atoms with Crippen molar-refractivity contribution >= 4 is 17.9 Å². The van der Waals surface area contributed by atoms with Crippen LogP contribution in [-0.4, -0.2) is 53.6 Å². The largest absolute Gasteiger partial charge is 0.480 e. The molecule has 1 aliphatic carbocycles. The van der Waals surface area contributed by atoms with E-state index < -0.39 is 18.0 Å². The van der Waals surface area contributed by atoms with Crippen molar-refractivity contribution in [2.45, 2.75) is 38.8 Å². The summed E-state index contributed by atoms with van der Waals surface area (Å²) in [5.74, 6) is -1.29. The van der Waals surface area contributed by atoms with Crippen molar-refractivity contribution in [2.24, 2.45) is 5.92 Å². The van der Waals surface area contributed by atoms with Crippen LogP contribution in [0.5, 0.6) is 0 Å². The van der Waals surface area contributed by atoms with Crippen LogP contribution >= 0.6 is 0 Å². The third kappa shape index (κ3) is 5.15. The Kier molecular flexibility index (Phi) is 5.14. The summed E-state index contributed by atoms with van der Waals surface area (Å²) in [5.41, 5.74) is 0. The smallest absolute Gasteiger partial charge is 0.326 e. The molecule has 0 aromatic carbocycles. The van der Waals surface area contributed by atoms with Gasteiger partial charge in [-0.2, -0.15) is 0 Å². The maximum absolute atomic E-state index is 11.8. The Morgan fingerprint density at radius 2 is 1.84 bits per heavy atom. The fourth-order valence-electron chi connectivity index (χ4n) is 1.71. The van der Waals surface area contributed by atoms with Crippen molar-refractivity contribution in [3.05, 3.63) is 0 Å². The molecule has 0 spiro atoms. The van der Waals surface area contributed by atoms with Gasteiger partial charge in [-0.3, -0.25) is 4.79 Å². The van der Waals surface area contributed by atoms with E-state index in [1.54, 1.807) is 0 Å². The second kappa shape index (κ2) is 6.40. The number of rotatable bonds is 6. The maximum Gasteiger partial charge on any atom is 0.326 e. The highest BCUT2D eigenvalue weighted by atomic mass is 16.4. The summed E-state index contributed by atoms with van der Waals surface area (Å²) in [5, 5.41) is 14.1. The minimum atomic E-state index is -1.03. The predicted octanol–water partition coefficient (Wildman–Crippen LogP) is 0.0156. The number of carboxylic acids is 1. The van der Waals surface area contributed by atoms with Crippen LogP contribution in [0, 0.1) is 5.92 Å². The van der Waals surface area contributed by atoms with E-state index in [0.717, 1.165) is 12.8 Å². The number of nitrogens with one attached hydrogen (secondary N) is 2. The van der Waals surface area contributed by atoms with E-state index in [4.69, 9.17) is 5.11 Å². The van der Waals surface area contributed by atoms with E-state index in [2.05, 4.69) is 10.6 Å². The molecule has 108 valence electrons. The van der Waals surface area contributed by atoms with Gasteiger partial charge in [-0.25, -0.2) is 9.59 Å². The lowest BCUT2D eigenvalue weighted by molar-refractivity contribution is -0.139. The monoisotopic (exact) mass is 271 g/mol. The van der Waals surface area contributed by atoms with Gasteiger partial charge >= 0.3 is 12.0 Å². The summed E-state index contributed by atoms with van der Waals surface area (Å²) >= 11 is 0. The number of hydrogen-bond donors (Lipinski definition) is 3. The molecule has 0 radical (unpaired) electrons. The molecule has 1 fully saturated rings. The van der Waals surface area contributed by atoms with Crippen LogP contribution < -0.4 is 10.6 Å². The van der Waals surface area contributed by atoms with E-state index in [1.165, 1.54) is 11.9 Å². The highest BCUT2D eigenvalue weighted by molar-refractivity contribution is 5.86. The molecule has 0 saturated heterocycles. The van der Waals surface area contributed by atoms with E-state index in [1.807, 2.05) is 13.8 Å². The van der Waals surface area contributed by atoms with Gasteiger partial charge in [0.1, 0.15) is 12.6 Å². The van der Waals surface area contributed by atoms with Gasteiger partial charge in [0.2, 0.25) is 5.91 Å². The number of nitrogens with zero attached hydrogens (tertiary/aromatic N) is 1. The Labute approximate surface area is 112 Å². The number of hydrogen-bond acceptors (Lipinski definition) is 3. The minimum absolute atomic E-state index is 0.00203. The van der Waals surface area contributed by atoms with Crippen LogP contribution in [0.15, 0.2) is 0 Å². The highest BCUT2D eigenvalue weighted by Gasteiger charge is 2.37. The SMILES string of the molecule is CC(C)NC(=O)CN(C)C(=O)NC(C(=O)O)C1CC1. The molecular weight excluding hydrogens is 250 g/mol. The van der Waals surface area contributed by atoms with Crippen LogP contribution in [-0.2, 0) is 9.59 Å². The van der Waals surface area contributed by atoms with E-state index in [9.17, 15) is 14.4 Å². The fourth-order valence-corrected chi connectivity index (χ4v) is 1.71. The zero-order chi connectivity index (χ0) is 14.6. The van der Waals surface area contributed by atoms with Crippen molar-refractivity contribution in [3.8, 4) is 0 Å². The summed E-state index contributed by atoms with van der Waals surface area (Å²) in [7, 11) is 1.46. The molecule has 0 aliphatic heterocycles. The first-order valence-corrected chi connectivity index (χ1v) is 6.35. The lowest BCUT2D eigenvalue weighted by atomic mass is 10.2. The normalized spacial score (nSPS) is 15.8. The van der Waals surface area contributed by atoms with E-state index in [-0.39, 0.29) is 24.4 Å². The molecule has 7 heteroatoms. The first kappa shape index (κ1) is 15.3. The number of carboxylic acid groups (broad SMARTS) is 1. The molecule has 0 heterocycles. The van der Waals surface area contributed by atoms with E-state index >= 15 is 0 Å². The van der Waals surface area contributed by atoms with Crippen molar-refractivity contribution in [2.75, 3.05) is 13.6 Å². The Morgan fingerprint density at radius 1 is 1.26 bits per heavy atom. The van der Waals surface area contributed by atoms with Crippen LogP contribution in [0.1, 0.15) is 26.7 Å². The molecule has 0 bridgehead atoms. The van der Waals surface area contributed by atoms with Gasteiger partial charge in [-0.05, 0) is 32.6 Å². The van der Waals surface area contributed by atoms with Gasteiger partial charge in [0.05, 0.1) is 0 Å². The molecule has 1 aliphatic rings. The molecule has 0 aromatic heterocycles. The van der Waals surface area contributed by atoms with Crippen LogP contribution in [0.2, 0.25) is 0 Å². The average Bonchev–Trinajstić information content (AvgIpc) is 3.07. The van der Waals surface area contributed by atoms with Gasteiger partial charge in [0.25, 0.3) is 0 Å². The third-order valence-corrected chi connectivity index (χ3v) is 2.82. The minimum Gasteiger partial charge on any atom is -0.480 e. The lowest BCUT2D eigenvalue weighted by Crippen LogP contribution is -2.50. The standard InChI is InChI=1S/C12H21N3O4/c1-7(2)13-9(16)6-15(3)12(19)14-10(11(17)18)8-4-5-8/h7-8,10H,4-6H2,1-3H3,(H,13,16)(H,14,19)(H,17,18). The topological polar surface area (TPSA) is 98.7 Å². The molecule has 1 saturated carbocycles. The van der Waals surface area contributed by atoms with E-state index in [0.29, 0.717) is 0 Å². The zero-order valence-corrected chi connectivity index (χ0v) is 11.5. The number of aliphatic carboxylic acids is 1. The quantitative estimate of drug-likeness (QED) is 0.634. The average molecular weight is 271 g/mol. The molecule has 7 nitrogen and oxygen atoms in total. The Bertz CT molecular complexity index is 366. The number of carbonyl (C=O) groups is 3. The molecule has 3 N–H and O–H groups in total. The van der Waals surface area contributed by atoms with Gasteiger partial charge in [-0.1, -0.05) is 0 Å². The number of amides is 3. The van der Waals surface area contributed by atoms with Crippen molar-refractivity contribution < 1.29 is 19.5 Å². The van der Waals surface area contributed by atoms with Crippen LogP contribution in [0.4, 0.5) is 4.79 Å². The number of urea groups is 1.